The Bertz CT molecular complexity index is 593. The Hall–Kier alpha value is -1.33. The van der Waals surface area contributed by atoms with Crippen LogP contribution in [0.1, 0.15) is 23.9 Å². The first-order valence-corrected chi connectivity index (χ1v) is 7.42. The van der Waals surface area contributed by atoms with Gasteiger partial charge in [-0.15, -0.1) is 0 Å². The molecule has 0 aliphatic heterocycles. The minimum absolute atomic E-state index is 0.152. The fourth-order valence-electron chi connectivity index (χ4n) is 2.12. The molecule has 1 aromatic heterocycles. The van der Waals surface area contributed by atoms with Gasteiger partial charge in [0, 0.05) is 13.1 Å². The highest BCUT2D eigenvalue weighted by Gasteiger charge is 2.11. The van der Waals surface area contributed by atoms with Gasteiger partial charge < -0.3 is 10.5 Å². The molecule has 0 aliphatic rings. The fraction of sp³-hybridized carbons (Fsp3) is 0.400. The Morgan fingerprint density at radius 3 is 2.80 bits per heavy atom. The molecule has 2 rings (SSSR count). The number of ether oxygens (including phenoxy) is 1. The molecule has 0 fully saturated rings. The standard InChI is InChI=1S/C15H20BrN3O/c1-10(17)7-12-5-4-6-13(8-12)20-9-14-15(16)11(2)18-19(14)3/h4-6,8,10H,7,9,17H2,1-3H3. The van der Waals surface area contributed by atoms with Crippen molar-refractivity contribution in [3.63, 3.8) is 0 Å². The molecule has 0 bridgehead atoms. The molecule has 20 heavy (non-hydrogen) atoms. The van der Waals surface area contributed by atoms with E-state index >= 15 is 0 Å². The van der Waals surface area contributed by atoms with E-state index in [9.17, 15) is 0 Å². The molecule has 0 aliphatic carbocycles. The summed E-state index contributed by atoms with van der Waals surface area (Å²) < 4.78 is 8.70. The summed E-state index contributed by atoms with van der Waals surface area (Å²) in [7, 11) is 1.92. The largest absolute Gasteiger partial charge is 0.487 e. The molecule has 2 aromatic rings. The molecular formula is C15H20BrN3O. The van der Waals surface area contributed by atoms with Crippen LogP contribution in [0.15, 0.2) is 28.7 Å². The summed E-state index contributed by atoms with van der Waals surface area (Å²) in [6, 6.07) is 8.22. The second-order valence-corrected chi connectivity index (χ2v) is 5.88. The number of nitrogens with two attached hydrogens (primary N) is 1. The summed E-state index contributed by atoms with van der Waals surface area (Å²) >= 11 is 3.54. The van der Waals surface area contributed by atoms with Gasteiger partial charge in [-0.1, -0.05) is 12.1 Å². The van der Waals surface area contributed by atoms with Gasteiger partial charge in [0.15, 0.2) is 0 Å². The normalized spacial score (nSPS) is 12.4. The van der Waals surface area contributed by atoms with Crippen molar-refractivity contribution < 1.29 is 4.74 Å². The van der Waals surface area contributed by atoms with Crippen LogP contribution in [0.4, 0.5) is 0 Å². The predicted molar refractivity (Wildman–Crippen MR) is 83.8 cm³/mol. The Balaban J connectivity index is 2.07. The Morgan fingerprint density at radius 1 is 1.45 bits per heavy atom. The average molecular weight is 338 g/mol. The summed E-state index contributed by atoms with van der Waals surface area (Å²) in [5.74, 6) is 0.855. The number of benzene rings is 1. The van der Waals surface area contributed by atoms with Crippen molar-refractivity contribution in [1.29, 1.82) is 0 Å². The van der Waals surface area contributed by atoms with Crippen molar-refractivity contribution in [2.75, 3.05) is 0 Å². The van der Waals surface area contributed by atoms with Crippen LogP contribution in [0.2, 0.25) is 0 Å². The third-order valence-corrected chi connectivity index (χ3v) is 4.12. The SMILES string of the molecule is Cc1nn(C)c(COc2cccc(CC(C)N)c2)c1Br. The summed E-state index contributed by atoms with van der Waals surface area (Å²) in [6.45, 7) is 4.46. The van der Waals surface area contributed by atoms with Gasteiger partial charge in [0.2, 0.25) is 0 Å². The highest BCUT2D eigenvalue weighted by molar-refractivity contribution is 9.10. The van der Waals surface area contributed by atoms with Gasteiger partial charge in [0.1, 0.15) is 12.4 Å². The molecule has 0 saturated heterocycles. The second-order valence-electron chi connectivity index (χ2n) is 5.09. The van der Waals surface area contributed by atoms with E-state index in [1.165, 1.54) is 5.56 Å². The van der Waals surface area contributed by atoms with Gasteiger partial charge in [-0.2, -0.15) is 5.10 Å². The van der Waals surface area contributed by atoms with E-state index in [2.05, 4.69) is 27.1 Å². The summed E-state index contributed by atoms with van der Waals surface area (Å²) in [6.07, 6.45) is 0.853. The van der Waals surface area contributed by atoms with Crippen molar-refractivity contribution in [3.8, 4) is 5.75 Å². The van der Waals surface area contributed by atoms with Gasteiger partial charge in [0.25, 0.3) is 0 Å². The lowest BCUT2D eigenvalue weighted by Crippen LogP contribution is -2.17. The maximum atomic E-state index is 5.86. The average Bonchev–Trinajstić information content (AvgIpc) is 2.61. The maximum absolute atomic E-state index is 5.86. The summed E-state index contributed by atoms with van der Waals surface area (Å²) in [4.78, 5) is 0. The monoisotopic (exact) mass is 337 g/mol. The Labute approximate surface area is 128 Å². The van der Waals surface area contributed by atoms with Gasteiger partial charge >= 0.3 is 0 Å². The lowest BCUT2D eigenvalue weighted by Gasteiger charge is -2.10. The lowest BCUT2D eigenvalue weighted by atomic mass is 10.1. The zero-order chi connectivity index (χ0) is 14.7. The first kappa shape index (κ1) is 15.1. The molecule has 1 heterocycles. The van der Waals surface area contributed by atoms with Gasteiger partial charge in [-0.05, 0) is 53.9 Å². The molecule has 0 radical (unpaired) electrons. The smallest absolute Gasteiger partial charge is 0.131 e. The van der Waals surface area contributed by atoms with E-state index in [0.717, 1.165) is 28.0 Å². The third kappa shape index (κ3) is 3.61. The third-order valence-electron chi connectivity index (χ3n) is 3.09. The molecule has 0 amide bonds. The Kier molecular flexibility index (Phi) is 4.83. The van der Waals surface area contributed by atoms with Crippen LogP contribution in [-0.2, 0) is 20.1 Å². The van der Waals surface area contributed by atoms with Crippen LogP contribution in [0.5, 0.6) is 5.75 Å². The zero-order valence-electron chi connectivity index (χ0n) is 12.1. The number of rotatable bonds is 5. The Morgan fingerprint density at radius 2 is 2.20 bits per heavy atom. The van der Waals surface area contributed by atoms with E-state index in [0.29, 0.717) is 6.61 Å². The number of halogens is 1. The van der Waals surface area contributed by atoms with E-state index < -0.39 is 0 Å². The lowest BCUT2D eigenvalue weighted by molar-refractivity contribution is 0.294. The van der Waals surface area contributed by atoms with Crippen LogP contribution in [-0.4, -0.2) is 15.8 Å². The minimum atomic E-state index is 0.152. The highest BCUT2D eigenvalue weighted by atomic mass is 79.9. The maximum Gasteiger partial charge on any atom is 0.131 e. The van der Waals surface area contributed by atoms with E-state index in [1.807, 2.05) is 43.8 Å². The molecule has 4 nitrogen and oxygen atoms in total. The number of nitrogens with zero attached hydrogens (tertiary/aromatic N) is 2. The minimum Gasteiger partial charge on any atom is -0.487 e. The quantitative estimate of drug-likeness (QED) is 0.912. The zero-order valence-corrected chi connectivity index (χ0v) is 13.6. The molecule has 0 spiro atoms. The van der Waals surface area contributed by atoms with Crippen LogP contribution in [0, 0.1) is 6.92 Å². The molecule has 5 heteroatoms. The van der Waals surface area contributed by atoms with Gasteiger partial charge in [0.05, 0.1) is 15.9 Å². The van der Waals surface area contributed by atoms with Crippen molar-refractivity contribution in [1.82, 2.24) is 9.78 Å². The van der Waals surface area contributed by atoms with Crippen LogP contribution >= 0.6 is 15.9 Å². The van der Waals surface area contributed by atoms with E-state index in [4.69, 9.17) is 10.5 Å². The first-order valence-electron chi connectivity index (χ1n) is 6.62. The molecule has 1 aromatic carbocycles. The number of hydrogen-bond acceptors (Lipinski definition) is 3. The topological polar surface area (TPSA) is 53.1 Å². The first-order chi connectivity index (χ1) is 9.47. The van der Waals surface area contributed by atoms with Crippen LogP contribution in [0.3, 0.4) is 0 Å². The predicted octanol–water partition coefficient (Wildman–Crippen LogP) is 2.96. The number of aromatic nitrogens is 2. The molecular weight excluding hydrogens is 318 g/mol. The van der Waals surface area contributed by atoms with Crippen LogP contribution < -0.4 is 10.5 Å². The van der Waals surface area contributed by atoms with Crippen LogP contribution in [0.25, 0.3) is 0 Å². The van der Waals surface area contributed by atoms with Gasteiger partial charge in [-0.25, -0.2) is 0 Å². The number of hydrogen-bond donors (Lipinski definition) is 1. The fourth-order valence-corrected chi connectivity index (χ4v) is 2.57. The number of aryl methyl sites for hydroxylation is 2. The highest BCUT2D eigenvalue weighted by Crippen LogP contribution is 2.22. The van der Waals surface area contributed by atoms with Crippen molar-refractivity contribution in [2.24, 2.45) is 12.8 Å². The molecule has 0 saturated carbocycles. The van der Waals surface area contributed by atoms with Crippen molar-refractivity contribution >= 4 is 15.9 Å². The van der Waals surface area contributed by atoms with Crippen molar-refractivity contribution in [3.05, 3.63) is 45.7 Å². The molecule has 1 unspecified atom stereocenters. The van der Waals surface area contributed by atoms with E-state index in [1.54, 1.807) is 0 Å². The molecule has 1 atom stereocenters. The second kappa shape index (κ2) is 6.41. The molecule has 108 valence electrons. The summed E-state index contributed by atoms with van der Waals surface area (Å²) in [5.41, 5.74) is 9.01. The van der Waals surface area contributed by atoms with Crippen molar-refractivity contribution in [2.45, 2.75) is 32.9 Å². The van der Waals surface area contributed by atoms with E-state index in [-0.39, 0.29) is 6.04 Å². The molecule has 2 N–H and O–H groups in total. The summed E-state index contributed by atoms with van der Waals surface area (Å²) in [5, 5.41) is 4.35. The van der Waals surface area contributed by atoms with Gasteiger partial charge in [-0.3, -0.25) is 4.68 Å².